The Hall–Kier alpha value is -0.990. The fourth-order valence-corrected chi connectivity index (χ4v) is 6.51. The second kappa shape index (κ2) is 7.93. The van der Waals surface area contributed by atoms with Crippen LogP contribution in [0.4, 0.5) is 0 Å². The topological polar surface area (TPSA) is 105 Å². The Balaban J connectivity index is 1.84. The van der Waals surface area contributed by atoms with Crippen LogP contribution in [0.1, 0.15) is 58.8 Å². The number of aliphatic carboxylic acids is 1. The third-order valence-corrected chi connectivity index (χ3v) is 8.22. The maximum atomic E-state index is 12.1. The van der Waals surface area contributed by atoms with Crippen LogP contribution in [0.2, 0.25) is 0 Å². The van der Waals surface area contributed by atoms with Gasteiger partial charge in [-0.1, -0.05) is 25.5 Å². The molecule has 0 radical (unpaired) electrons. The molecule has 0 amide bonds. The highest BCUT2D eigenvalue weighted by atomic mass is 16.8. The Bertz CT molecular complexity index is 647. The number of ether oxygens (including phenoxy) is 3. The van der Waals surface area contributed by atoms with E-state index in [1.807, 2.05) is 6.92 Å². The number of methoxy groups -OCH3 is 2. The third-order valence-electron chi connectivity index (χ3n) is 8.22. The Morgan fingerprint density at radius 2 is 1.97 bits per heavy atom. The van der Waals surface area contributed by atoms with Crippen LogP contribution in [0.5, 0.6) is 0 Å². The highest BCUT2D eigenvalue weighted by Gasteiger charge is 2.60. The van der Waals surface area contributed by atoms with Crippen molar-refractivity contribution in [1.29, 1.82) is 0 Å². The summed E-state index contributed by atoms with van der Waals surface area (Å²) in [6.45, 7) is 8.37. The van der Waals surface area contributed by atoms with Gasteiger partial charge in [-0.05, 0) is 62.7 Å². The quantitative estimate of drug-likeness (QED) is 0.576. The molecule has 0 aromatic rings. The van der Waals surface area contributed by atoms with Gasteiger partial charge in [-0.25, -0.2) is 0 Å². The number of allylic oxidation sites excluding steroid dienone is 1. The van der Waals surface area contributed by atoms with Gasteiger partial charge in [0.15, 0.2) is 12.6 Å². The first kappa shape index (κ1) is 22.7. The van der Waals surface area contributed by atoms with Crippen LogP contribution in [-0.2, 0) is 19.0 Å². The molecule has 0 spiro atoms. The zero-order valence-corrected chi connectivity index (χ0v) is 18.0. The number of aliphatic hydroxyl groups is 2. The lowest BCUT2D eigenvalue weighted by atomic mass is 9.46. The second-order valence-electron chi connectivity index (χ2n) is 9.67. The van der Waals surface area contributed by atoms with Gasteiger partial charge in [0.1, 0.15) is 11.7 Å². The average Bonchev–Trinajstić information content (AvgIpc) is 2.91. The predicted octanol–water partition coefficient (Wildman–Crippen LogP) is 2.70. The lowest BCUT2D eigenvalue weighted by molar-refractivity contribution is -0.220. The van der Waals surface area contributed by atoms with Crippen LogP contribution in [-0.4, -0.2) is 59.8 Å². The number of fused-ring (bicyclic) bond motifs is 1. The van der Waals surface area contributed by atoms with Gasteiger partial charge < -0.3 is 29.5 Å². The summed E-state index contributed by atoms with van der Waals surface area (Å²) in [6, 6.07) is 0. The molecule has 8 atom stereocenters. The summed E-state index contributed by atoms with van der Waals surface area (Å²) in [5.41, 5.74) is -1.43. The molecule has 3 aliphatic rings. The number of carboxylic acids is 1. The molecule has 7 nitrogen and oxygen atoms in total. The number of carboxylic acid groups (broad SMARTS) is 1. The van der Waals surface area contributed by atoms with E-state index in [1.165, 1.54) is 14.2 Å². The first-order valence-electron chi connectivity index (χ1n) is 10.6. The minimum atomic E-state index is -1.59. The predicted molar refractivity (Wildman–Crippen MR) is 106 cm³/mol. The molecule has 2 saturated carbocycles. The van der Waals surface area contributed by atoms with Crippen LogP contribution in [0, 0.1) is 22.7 Å². The lowest BCUT2D eigenvalue weighted by Gasteiger charge is -2.57. The van der Waals surface area contributed by atoms with Gasteiger partial charge in [-0.2, -0.15) is 0 Å². The summed E-state index contributed by atoms with van der Waals surface area (Å²) in [5.74, 6) is -0.600. The van der Waals surface area contributed by atoms with Crippen LogP contribution in [0.15, 0.2) is 12.2 Å². The van der Waals surface area contributed by atoms with Gasteiger partial charge in [0, 0.05) is 14.2 Å². The zero-order chi connectivity index (χ0) is 21.6. The van der Waals surface area contributed by atoms with Crippen molar-refractivity contribution in [2.24, 2.45) is 22.7 Å². The van der Waals surface area contributed by atoms with Gasteiger partial charge in [0.05, 0.1) is 5.41 Å². The molecule has 2 aliphatic carbocycles. The molecule has 3 rings (SSSR count). The second-order valence-corrected chi connectivity index (χ2v) is 9.67. The first-order chi connectivity index (χ1) is 13.5. The molecule has 1 saturated heterocycles. The Morgan fingerprint density at radius 3 is 2.55 bits per heavy atom. The van der Waals surface area contributed by atoms with Crippen LogP contribution < -0.4 is 0 Å². The van der Waals surface area contributed by atoms with E-state index in [9.17, 15) is 20.1 Å². The van der Waals surface area contributed by atoms with E-state index in [0.717, 1.165) is 31.3 Å². The van der Waals surface area contributed by atoms with Gasteiger partial charge >= 0.3 is 5.97 Å². The molecule has 3 fully saturated rings. The SMILES string of the molecule is C=C1CC[C@H]2[C@@](C)(CCC[C@]2(C)C(=O)O)[C@@H]1CC[C@@]1(O)[C@H](OC)O[C@@H](OC)[C@@H]1O. The smallest absolute Gasteiger partial charge is 0.309 e. The molecule has 0 bridgehead atoms. The highest BCUT2D eigenvalue weighted by molar-refractivity contribution is 5.75. The Labute approximate surface area is 173 Å². The summed E-state index contributed by atoms with van der Waals surface area (Å²) in [6.07, 6.45) is 1.78. The van der Waals surface area contributed by atoms with Gasteiger partial charge in [0.25, 0.3) is 0 Å². The molecule has 29 heavy (non-hydrogen) atoms. The molecule has 0 aromatic carbocycles. The summed E-state index contributed by atoms with van der Waals surface area (Å²) < 4.78 is 15.9. The maximum absolute atomic E-state index is 12.1. The van der Waals surface area contributed by atoms with E-state index in [-0.39, 0.29) is 23.7 Å². The van der Waals surface area contributed by atoms with Crippen LogP contribution in [0.3, 0.4) is 0 Å². The largest absolute Gasteiger partial charge is 0.481 e. The Morgan fingerprint density at radius 1 is 1.28 bits per heavy atom. The van der Waals surface area contributed by atoms with E-state index >= 15 is 0 Å². The van der Waals surface area contributed by atoms with E-state index < -0.39 is 35.7 Å². The van der Waals surface area contributed by atoms with Crippen molar-refractivity contribution >= 4 is 5.97 Å². The first-order valence-corrected chi connectivity index (χ1v) is 10.6. The number of aliphatic hydroxyl groups excluding tert-OH is 1. The minimum Gasteiger partial charge on any atom is -0.481 e. The van der Waals surface area contributed by atoms with Gasteiger partial charge in [0.2, 0.25) is 0 Å². The average molecular weight is 413 g/mol. The van der Waals surface area contributed by atoms with E-state index in [2.05, 4.69) is 13.5 Å². The van der Waals surface area contributed by atoms with Gasteiger partial charge in [-0.3, -0.25) is 4.79 Å². The molecule has 1 heterocycles. The van der Waals surface area contributed by atoms with E-state index in [1.54, 1.807) is 0 Å². The minimum absolute atomic E-state index is 0.0566. The molecule has 7 heteroatoms. The van der Waals surface area contributed by atoms with Crippen molar-refractivity contribution in [3.63, 3.8) is 0 Å². The maximum Gasteiger partial charge on any atom is 0.309 e. The number of carbonyl (C=O) groups is 1. The molecule has 3 N–H and O–H groups in total. The standard InChI is InChI=1S/C22H36O7/c1-13-7-8-15-20(2,10-6-11-21(15,3)18(24)25)14(13)9-12-22(26)16(23)17(27-4)29-19(22)28-5/h14-17,19,23,26H,1,6-12H2,2-5H3,(H,24,25)/t14-,15+,16+,17-,19-,20+,21+,22+/m1/s1. The lowest BCUT2D eigenvalue weighted by Crippen LogP contribution is -2.54. The van der Waals surface area contributed by atoms with Crippen molar-refractivity contribution in [2.45, 2.75) is 83.1 Å². The third kappa shape index (κ3) is 3.45. The van der Waals surface area contributed by atoms with E-state index in [0.29, 0.717) is 12.8 Å². The van der Waals surface area contributed by atoms with Crippen molar-refractivity contribution in [2.75, 3.05) is 14.2 Å². The normalized spacial score (nSPS) is 47.8. The van der Waals surface area contributed by atoms with Crippen molar-refractivity contribution in [1.82, 2.24) is 0 Å². The van der Waals surface area contributed by atoms with Crippen molar-refractivity contribution in [3.05, 3.63) is 12.2 Å². The summed E-state index contributed by atoms with van der Waals surface area (Å²) in [7, 11) is 2.84. The molecule has 166 valence electrons. The zero-order valence-electron chi connectivity index (χ0n) is 18.0. The van der Waals surface area contributed by atoms with E-state index in [4.69, 9.17) is 14.2 Å². The fraction of sp³-hybridized carbons (Fsp3) is 0.864. The van der Waals surface area contributed by atoms with Crippen LogP contribution in [0.25, 0.3) is 0 Å². The molecule has 1 aliphatic heterocycles. The Kier molecular flexibility index (Phi) is 6.20. The molecule has 0 aromatic heterocycles. The van der Waals surface area contributed by atoms with Gasteiger partial charge in [-0.15, -0.1) is 0 Å². The highest BCUT2D eigenvalue weighted by Crippen LogP contribution is 2.62. The number of hydrogen-bond acceptors (Lipinski definition) is 6. The fourth-order valence-electron chi connectivity index (χ4n) is 6.51. The van der Waals surface area contributed by atoms with Crippen molar-refractivity contribution < 1.29 is 34.3 Å². The summed E-state index contributed by atoms with van der Waals surface area (Å²) in [4.78, 5) is 12.1. The monoisotopic (exact) mass is 412 g/mol. The number of hydrogen-bond donors (Lipinski definition) is 3. The van der Waals surface area contributed by atoms with Crippen LogP contribution >= 0.6 is 0 Å². The summed E-state index contributed by atoms with van der Waals surface area (Å²) in [5, 5.41) is 31.7. The number of rotatable bonds is 6. The molecular formula is C22H36O7. The molecular weight excluding hydrogens is 376 g/mol. The molecule has 0 unspecified atom stereocenters. The summed E-state index contributed by atoms with van der Waals surface area (Å²) >= 11 is 0. The van der Waals surface area contributed by atoms with Crippen molar-refractivity contribution in [3.8, 4) is 0 Å².